The number of carbonyl (C=O) groups excluding carboxylic acids is 1. The minimum absolute atomic E-state index is 0.0799. The molecule has 0 saturated carbocycles. The van der Waals surface area contributed by atoms with E-state index in [1.165, 1.54) is 6.92 Å². The van der Waals surface area contributed by atoms with Crippen molar-refractivity contribution < 1.29 is 14.3 Å². The molecule has 1 heterocycles. The van der Waals surface area contributed by atoms with Crippen molar-refractivity contribution in [3.05, 3.63) is 48.0 Å². The Morgan fingerprint density at radius 3 is 2.68 bits per heavy atom. The van der Waals surface area contributed by atoms with Crippen LogP contribution < -0.4 is 19.7 Å². The summed E-state index contributed by atoms with van der Waals surface area (Å²) >= 11 is 0. The van der Waals surface area contributed by atoms with Crippen LogP contribution in [0.25, 0.3) is 0 Å². The maximum absolute atomic E-state index is 11.2. The van der Waals surface area contributed by atoms with Crippen LogP contribution in [0.15, 0.2) is 42.5 Å². The fourth-order valence-corrected chi connectivity index (χ4v) is 2.48. The summed E-state index contributed by atoms with van der Waals surface area (Å²) < 4.78 is 11.0. The Kier molecular flexibility index (Phi) is 3.87. The minimum atomic E-state index is -0.0799. The maximum Gasteiger partial charge on any atom is 0.221 e. The van der Waals surface area contributed by atoms with Gasteiger partial charge in [0, 0.05) is 30.4 Å². The maximum atomic E-state index is 11.2. The van der Waals surface area contributed by atoms with Crippen molar-refractivity contribution in [1.29, 1.82) is 0 Å². The van der Waals surface area contributed by atoms with Gasteiger partial charge in [-0.25, -0.2) is 0 Å². The molecule has 0 bridgehead atoms. The van der Waals surface area contributed by atoms with Crippen LogP contribution in [0.5, 0.6) is 11.5 Å². The fourth-order valence-electron chi connectivity index (χ4n) is 2.48. The summed E-state index contributed by atoms with van der Waals surface area (Å²) in [6.07, 6.45) is 0. The number of anilines is 2. The van der Waals surface area contributed by atoms with Gasteiger partial charge in [0.15, 0.2) is 6.73 Å². The second-order valence-corrected chi connectivity index (χ2v) is 5.17. The molecule has 0 radical (unpaired) electrons. The zero-order chi connectivity index (χ0) is 15.5. The first-order chi connectivity index (χ1) is 10.7. The average molecular weight is 298 g/mol. The van der Waals surface area contributed by atoms with E-state index in [2.05, 4.69) is 10.2 Å². The van der Waals surface area contributed by atoms with E-state index in [1.807, 2.05) is 42.5 Å². The van der Waals surface area contributed by atoms with Gasteiger partial charge in [-0.05, 0) is 42.5 Å². The molecule has 1 N–H and O–H groups in total. The van der Waals surface area contributed by atoms with Gasteiger partial charge in [0.2, 0.25) is 5.91 Å². The van der Waals surface area contributed by atoms with Crippen LogP contribution in [0.1, 0.15) is 12.5 Å². The molecule has 2 aromatic carbocycles. The number of amides is 1. The van der Waals surface area contributed by atoms with E-state index < -0.39 is 0 Å². The number of methoxy groups -OCH3 is 1. The van der Waals surface area contributed by atoms with Crippen molar-refractivity contribution in [2.75, 3.05) is 24.1 Å². The summed E-state index contributed by atoms with van der Waals surface area (Å²) in [6.45, 7) is 2.73. The van der Waals surface area contributed by atoms with Gasteiger partial charge in [-0.3, -0.25) is 4.79 Å². The van der Waals surface area contributed by atoms with Gasteiger partial charge < -0.3 is 19.7 Å². The topological polar surface area (TPSA) is 50.8 Å². The van der Waals surface area contributed by atoms with Crippen molar-refractivity contribution in [2.45, 2.75) is 13.5 Å². The summed E-state index contributed by atoms with van der Waals surface area (Å²) in [5, 5.41) is 2.80. The van der Waals surface area contributed by atoms with E-state index >= 15 is 0 Å². The van der Waals surface area contributed by atoms with Crippen molar-refractivity contribution in [1.82, 2.24) is 0 Å². The summed E-state index contributed by atoms with van der Waals surface area (Å²) in [5.41, 5.74) is 2.90. The van der Waals surface area contributed by atoms with Gasteiger partial charge in [0.25, 0.3) is 0 Å². The standard InChI is InChI=1S/C17H18N2O3/c1-12(20)18-14-3-8-17-13(9-14)10-19(11-22-17)15-4-6-16(21-2)7-5-15/h3-9H,10-11H2,1-2H3,(H,18,20). The molecule has 0 spiro atoms. The van der Waals surface area contributed by atoms with E-state index in [4.69, 9.17) is 9.47 Å². The second kappa shape index (κ2) is 5.97. The van der Waals surface area contributed by atoms with E-state index in [-0.39, 0.29) is 5.91 Å². The molecule has 0 aliphatic carbocycles. The molecule has 0 atom stereocenters. The van der Waals surface area contributed by atoms with Crippen LogP contribution in [0.4, 0.5) is 11.4 Å². The molecule has 0 aromatic heterocycles. The molecular formula is C17H18N2O3. The molecule has 0 saturated heterocycles. The Labute approximate surface area is 129 Å². The molecule has 5 nitrogen and oxygen atoms in total. The highest BCUT2D eigenvalue weighted by atomic mass is 16.5. The van der Waals surface area contributed by atoms with Crippen molar-refractivity contribution in [3.8, 4) is 11.5 Å². The van der Waals surface area contributed by atoms with Crippen LogP contribution in [-0.4, -0.2) is 19.7 Å². The van der Waals surface area contributed by atoms with Gasteiger partial charge >= 0.3 is 0 Å². The number of hydrogen-bond donors (Lipinski definition) is 1. The van der Waals surface area contributed by atoms with Gasteiger partial charge in [-0.15, -0.1) is 0 Å². The Hall–Kier alpha value is -2.69. The number of nitrogens with zero attached hydrogens (tertiary/aromatic N) is 1. The highest BCUT2D eigenvalue weighted by molar-refractivity contribution is 5.88. The molecule has 22 heavy (non-hydrogen) atoms. The van der Waals surface area contributed by atoms with Gasteiger partial charge in [0.1, 0.15) is 11.5 Å². The molecule has 1 aliphatic heterocycles. The molecular weight excluding hydrogens is 280 g/mol. The molecule has 0 unspecified atom stereocenters. The van der Waals surface area contributed by atoms with Crippen LogP contribution in [-0.2, 0) is 11.3 Å². The predicted molar refractivity (Wildman–Crippen MR) is 85.4 cm³/mol. The lowest BCUT2D eigenvalue weighted by Crippen LogP contribution is -2.31. The first kappa shape index (κ1) is 14.3. The number of hydrogen-bond acceptors (Lipinski definition) is 4. The number of ether oxygens (including phenoxy) is 2. The Morgan fingerprint density at radius 2 is 2.00 bits per heavy atom. The third kappa shape index (κ3) is 2.98. The van der Waals surface area contributed by atoms with Crippen LogP contribution in [0, 0.1) is 0 Å². The molecule has 114 valence electrons. The molecule has 2 aromatic rings. The average Bonchev–Trinajstić information content (AvgIpc) is 2.54. The van der Waals surface area contributed by atoms with Gasteiger partial charge in [0.05, 0.1) is 7.11 Å². The number of benzene rings is 2. The van der Waals surface area contributed by atoms with E-state index in [0.717, 1.165) is 35.0 Å². The van der Waals surface area contributed by atoms with E-state index in [1.54, 1.807) is 7.11 Å². The van der Waals surface area contributed by atoms with Crippen molar-refractivity contribution in [2.24, 2.45) is 0 Å². The first-order valence-electron chi connectivity index (χ1n) is 7.08. The second-order valence-electron chi connectivity index (χ2n) is 5.17. The Bertz CT molecular complexity index is 683. The molecule has 3 rings (SSSR count). The summed E-state index contributed by atoms with van der Waals surface area (Å²) in [6, 6.07) is 13.6. The van der Waals surface area contributed by atoms with Crippen LogP contribution in [0.2, 0.25) is 0 Å². The van der Waals surface area contributed by atoms with E-state index in [9.17, 15) is 4.79 Å². The SMILES string of the molecule is COc1ccc(N2COc3ccc(NC(C)=O)cc3C2)cc1. The Morgan fingerprint density at radius 1 is 1.23 bits per heavy atom. The minimum Gasteiger partial charge on any atom is -0.497 e. The largest absolute Gasteiger partial charge is 0.497 e. The van der Waals surface area contributed by atoms with Crippen LogP contribution in [0.3, 0.4) is 0 Å². The molecule has 5 heteroatoms. The van der Waals surface area contributed by atoms with Gasteiger partial charge in [-0.2, -0.15) is 0 Å². The first-order valence-corrected chi connectivity index (χ1v) is 7.08. The Balaban J connectivity index is 1.80. The van der Waals surface area contributed by atoms with Crippen molar-refractivity contribution >= 4 is 17.3 Å². The zero-order valence-corrected chi connectivity index (χ0v) is 12.6. The lowest BCUT2D eigenvalue weighted by Gasteiger charge is -2.31. The summed E-state index contributed by atoms with van der Waals surface area (Å²) in [7, 11) is 1.65. The number of nitrogens with one attached hydrogen (secondary N) is 1. The third-order valence-electron chi connectivity index (χ3n) is 3.56. The smallest absolute Gasteiger partial charge is 0.221 e. The summed E-state index contributed by atoms with van der Waals surface area (Å²) in [5.74, 6) is 1.61. The normalized spacial score (nSPS) is 13.1. The highest BCUT2D eigenvalue weighted by Gasteiger charge is 2.18. The van der Waals surface area contributed by atoms with E-state index in [0.29, 0.717) is 6.73 Å². The number of carbonyl (C=O) groups is 1. The lowest BCUT2D eigenvalue weighted by molar-refractivity contribution is -0.114. The quantitative estimate of drug-likeness (QED) is 0.946. The lowest BCUT2D eigenvalue weighted by atomic mass is 10.1. The molecule has 1 aliphatic rings. The third-order valence-corrected chi connectivity index (χ3v) is 3.56. The number of rotatable bonds is 3. The van der Waals surface area contributed by atoms with Crippen molar-refractivity contribution in [3.63, 3.8) is 0 Å². The summed E-state index contributed by atoms with van der Waals surface area (Å²) in [4.78, 5) is 13.3. The zero-order valence-electron chi connectivity index (χ0n) is 12.6. The molecule has 1 amide bonds. The predicted octanol–water partition coefficient (Wildman–Crippen LogP) is 3.01. The molecule has 0 fully saturated rings. The fraction of sp³-hybridized carbons (Fsp3) is 0.235. The van der Waals surface area contributed by atoms with Crippen LogP contribution >= 0.6 is 0 Å². The van der Waals surface area contributed by atoms with Gasteiger partial charge in [-0.1, -0.05) is 0 Å². The number of fused-ring (bicyclic) bond motifs is 1. The monoisotopic (exact) mass is 298 g/mol. The highest BCUT2D eigenvalue weighted by Crippen LogP contribution is 2.31.